The van der Waals surface area contributed by atoms with Gasteiger partial charge in [-0.25, -0.2) is 4.98 Å². The minimum absolute atomic E-state index is 0. The van der Waals surface area contributed by atoms with Crippen molar-refractivity contribution in [2.45, 2.75) is 12.5 Å². The van der Waals surface area contributed by atoms with Crippen LogP contribution >= 0.6 is 28.3 Å². The molecule has 3 N–H and O–H groups in total. The number of aliphatic hydroxyl groups is 1. The fourth-order valence-electron chi connectivity index (χ4n) is 0.919. The van der Waals surface area contributed by atoms with Gasteiger partial charge >= 0.3 is 0 Å². The molecule has 0 saturated carbocycles. The quantitative estimate of drug-likeness (QED) is 0.807. The van der Waals surface area contributed by atoms with Gasteiger partial charge in [-0.15, -0.1) is 12.4 Å². The zero-order valence-corrected chi connectivity index (χ0v) is 9.38. The molecule has 1 heterocycles. The Kier molecular flexibility index (Phi) is 6.24. The number of hydrogen-bond acceptors (Lipinski definition) is 3. The van der Waals surface area contributed by atoms with Crippen molar-refractivity contribution in [3.63, 3.8) is 0 Å². The Morgan fingerprint density at radius 3 is 2.85 bits per heavy atom. The molecule has 0 aliphatic rings. The summed E-state index contributed by atoms with van der Waals surface area (Å²) in [5.41, 5.74) is 6.60. The van der Waals surface area contributed by atoms with Crippen LogP contribution in [0.1, 0.15) is 5.56 Å². The molecule has 0 radical (unpaired) electrons. The zero-order chi connectivity index (χ0) is 8.97. The number of nitrogens with two attached hydrogens (primary N) is 1. The van der Waals surface area contributed by atoms with Crippen molar-refractivity contribution in [2.75, 3.05) is 6.61 Å². The number of nitrogens with zero attached hydrogens (tertiary/aromatic N) is 1. The van der Waals surface area contributed by atoms with Gasteiger partial charge in [0.2, 0.25) is 0 Å². The SMILES string of the molecule is Cl.NC(CO)Cc1cccnc1Br. The van der Waals surface area contributed by atoms with Crippen molar-refractivity contribution in [1.82, 2.24) is 4.98 Å². The summed E-state index contributed by atoms with van der Waals surface area (Å²) in [6.45, 7) is 0.00132. The van der Waals surface area contributed by atoms with Gasteiger partial charge in [0, 0.05) is 12.2 Å². The van der Waals surface area contributed by atoms with Gasteiger partial charge in [-0.2, -0.15) is 0 Å². The van der Waals surface area contributed by atoms with Gasteiger partial charge in [-0.3, -0.25) is 0 Å². The molecule has 1 atom stereocenters. The molecule has 1 aromatic heterocycles. The van der Waals surface area contributed by atoms with E-state index in [1.165, 1.54) is 0 Å². The van der Waals surface area contributed by atoms with E-state index in [1.807, 2.05) is 12.1 Å². The number of halogens is 2. The van der Waals surface area contributed by atoms with Crippen LogP contribution in [-0.2, 0) is 6.42 Å². The Morgan fingerprint density at radius 2 is 2.31 bits per heavy atom. The van der Waals surface area contributed by atoms with Crippen molar-refractivity contribution in [1.29, 1.82) is 0 Å². The lowest BCUT2D eigenvalue weighted by atomic mass is 10.1. The van der Waals surface area contributed by atoms with Gasteiger partial charge in [0.1, 0.15) is 4.60 Å². The van der Waals surface area contributed by atoms with Crippen LogP contribution in [-0.4, -0.2) is 22.7 Å². The second-order valence-corrected chi connectivity index (χ2v) is 3.35. The summed E-state index contributed by atoms with van der Waals surface area (Å²) < 4.78 is 0.800. The van der Waals surface area contributed by atoms with Crippen molar-refractivity contribution in [3.8, 4) is 0 Å². The summed E-state index contributed by atoms with van der Waals surface area (Å²) in [4.78, 5) is 4.05. The minimum atomic E-state index is -0.203. The Balaban J connectivity index is 0.00000144. The predicted octanol–water partition coefficient (Wildman–Crippen LogP) is 1.13. The third-order valence-corrected chi connectivity index (χ3v) is 2.27. The molecule has 1 rings (SSSR count). The lowest BCUT2D eigenvalue weighted by Gasteiger charge is -2.08. The van der Waals surface area contributed by atoms with E-state index in [9.17, 15) is 0 Å². The monoisotopic (exact) mass is 266 g/mol. The lowest BCUT2D eigenvalue weighted by molar-refractivity contribution is 0.265. The zero-order valence-electron chi connectivity index (χ0n) is 6.98. The largest absolute Gasteiger partial charge is 0.395 e. The van der Waals surface area contributed by atoms with Crippen molar-refractivity contribution in [2.24, 2.45) is 5.73 Å². The van der Waals surface area contributed by atoms with Crippen molar-refractivity contribution >= 4 is 28.3 Å². The summed E-state index contributed by atoms with van der Waals surface area (Å²) in [7, 11) is 0. The third kappa shape index (κ3) is 4.04. The Hall–Kier alpha value is -0.160. The average Bonchev–Trinajstić information content (AvgIpc) is 2.09. The Bertz CT molecular complexity index is 260. The van der Waals surface area contributed by atoms with E-state index in [0.717, 1.165) is 10.2 Å². The number of aromatic nitrogens is 1. The second-order valence-electron chi connectivity index (χ2n) is 2.60. The fourth-order valence-corrected chi connectivity index (χ4v) is 1.33. The molecular weight excluding hydrogens is 255 g/mol. The molecular formula is C8H12BrClN2O. The van der Waals surface area contributed by atoms with Gasteiger partial charge in [-0.1, -0.05) is 6.07 Å². The molecule has 3 nitrogen and oxygen atoms in total. The van der Waals surface area contributed by atoms with Crippen LogP contribution in [0.2, 0.25) is 0 Å². The van der Waals surface area contributed by atoms with E-state index in [2.05, 4.69) is 20.9 Å². The molecule has 0 aliphatic carbocycles. The van der Waals surface area contributed by atoms with Gasteiger partial charge in [0.25, 0.3) is 0 Å². The first-order valence-corrected chi connectivity index (χ1v) is 4.49. The van der Waals surface area contributed by atoms with Crippen LogP contribution in [0.3, 0.4) is 0 Å². The number of aliphatic hydroxyl groups excluding tert-OH is 1. The molecule has 0 saturated heterocycles. The summed E-state index contributed by atoms with van der Waals surface area (Å²) in [5.74, 6) is 0. The first-order valence-electron chi connectivity index (χ1n) is 3.70. The van der Waals surface area contributed by atoms with E-state index in [1.54, 1.807) is 6.20 Å². The van der Waals surface area contributed by atoms with Crippen LogP contribution in [0.5, 0.6) is 0 Å². The number of rotatable bonds is 3. The van der Waals surface area contributed by atoms with Gasteiger partial charge in [0.15, 0.2) is 0 Å². The molecule has 0 fully saturated rings. The molecule has 74 valence electrons. The van der Waals surface area contributed by atoms with E-state index in [0.29, 0.717) is 6.42 Å². The molecule has 0 aromatic carbocycles. The highest BCUT2D eigenvalue weighted by Gasteiger charge is 2.05. The smallest absolute Gasteiger partial charge is 0.109 e. The maximum atomic E-state index is 8.73. The Labute approximate surface area is 91.9 Å². The molecule has 0 bridgehead atoms. The van der Waals surface area contributed by atoms with Crippen molar-refractivity contribution < 1.29 is 5.11 Å². The van der Waals surface area contributed by atoms with Crippen molar-refractivity contribution in [3.05, 3.63) is 28.5 Å². The number of pyridine rings is 1. The lowest BCUT2D eigenvalue weighted by Crippen LogP contribution is -2.27. The van der Waals surface area contributed by atoms with Crippen LogP contribution < -0.4 is 5.73 Å². The second kappa shape index (κ2) is 6.32. The van der Waals surface area contributed by atoms with E-state index in [4.69, 9.17) is 10.8 Å². The van der Waals surface area contributed by atoms with Gasteiger partial charge in [-0.05, 0) is 34.0 Å². The minimum Gasteiger partial charge on any atom is -0.395 e. The molecule has 0 amide bonds. The number of hydrogen-bond donors (Lipinski definition) is 2. The summed E-state index contributed by atoms with van der Waals surface area (Å²) in [6, 6.07) is 3.59. The molecule has 1 unspecified atom stereocenters. The highest BCUT2D eigenvalue weighted by atomic mass is 79.9. The summed E-state index contributed by atoms with van der Waals surface area (Å²) in [6.07, 6.45) is 2.35. The molecule has 1 aromatic rings. The summed E-state index contributed by atoms with van der Waals surface area (Å²) >= 11 is 3.31. The van der Waals surface area contributed by atoms with Crippen LogP contribution in [0, 0.1) is 0 Å². The fraction of sp³-hybridized carbons (Fsp3) is 0.375. The van der Waals surface area contributed by atoms with Crippen LogP contribution in [0.15, 0.2) is 22.9 Å². The first-order chi connectivity index (χ1) is 5.74. The molecule has 5 heteroatoms. The van der Waals surface area contributed by atoms with Crippen LogP contribution in [0.4, 0.5) is 0 Å². The standard InChI is InChI=1S/C8H11BrN2O.ClH/c9-8-6(2-1-3-11-8)4-7(10)5-12;/h1-3,7,12H,4-5,10H2;1H. The maximum Gasteiger partial charge on any atom is 0.109 e. The Morgan fingerprint density at radius 1 is 1.62 bits per heavy atom. The maximum absolute atomic E-state index is 8.73. The van der Waals surface area contributed by atoms with Gasteiger partial charge in [0.05, 0.1) is 6.61 Å². The molecule has 0 aliphatic heterocycles. The predicted molar refractivity (Wildman–Crippen MR) is 58.0 cm³/mol. The molecule has 13 heavy (non-hydrogen) atoms. The topological polar surface area (TPSA) is 59.1 Å². The highest BCUT2D eigenvalue weighted by molar-refractivity contribution is 9.10. The third-order valence-electron chi connectivity index (χ3n) is 1.55. The highest BCUT2D eigenvalue weighted by Crippen LogP contribution is 2.13. The first kappa shape index (κ1) is 12.8. The average molecular weight is 268 g/mol. The normalized spacial score (nSPS) is 11.9. The van der Waals surface area contributed by atoms with Crippen LogP contribution in [0.25, 0.3) is 0 Å². The van der Waals surface area contributed by atoms with E-state index >= 15 is 0 Å². The molecule has 0 spiro atoms. The van der Waals surface area contributed by atoms with E-state index < -0.39 is 0 Å². The summed E-state index contributed by atoms with van der Waals surface area (Å²) in [5, 5.41) is 8.73. The van der Waals surface area contributed by atoms with E-state index in [-0.39, 0.29) is 25.1 Å². The van der Waals surface area contributed by atoms with Gasteiger partial charge < -0.3 is 10.8 Å².